The Labute approximate surface area is 241 Å². The van der Waals surface area contributed by atoms with Crippen molar-refractivity contribution in [3.05, 3.63) is 100 Å². The molecular formula is C30H35ClFN3O4S. The summed E-state index contributed by atoms with van der Waals surface area (Å²) in [5.41, 5.74) is 2.31. The van der Waals surface area contributed by atoms with E-state index < -0.39 is 34.3 Å². The minimum absolute atomic E-state index is 0.0261. The second kappa shape index (κ2) is 13.8. The first-order valence-electron chi connectivity index (χ1n) is 13.0. The highest BCUT2D eigenvalue weighted by molar-refractivity contribution is 7.92. The lowest BCUT2D eigenvalue weighted by Crippen LogP contribution is -2.54. The monoisotopic (exact) mass is 587 g/mol. The van der Waals surface area contributed by atoms with E-state index in [1.165, 1.54) is 17.0 Å². The van der Waals surface area contributed by atoms with Gasteiger partial charge in [0.2, 0.25) is 21.8 Å². The van der Waals surface area contributed by atoms with Crippen LogP contribution in [-0.2, 0) is 32.6 Å². The number of nitrogens with zero attached hydrogens (tertiary/aromatic N) is 2. The molecule has 1 N–H and O–H groups in total. The fourth-order valence-corrected chi connectivity index (χ4v) is 5.41. The Hall–Kier alpha value is -3.43. The SMILES string of the molecule is CC[C@@H](C)NC(=O)[C@@H](Cc1ccccc1)N(Cc1ccc(F)cc1)C(=O)CN(c1ccc(Cl)cc1C)S(C)(=O)=O. The zero-order valence-corrected chi connectivity index (χ0v) is 24.7. The van der Waals surface area contributed by atoms with Gasteiger partial charge in [-0.2, -0.15) is 0 Å². The number of anilines is 1. The number of halogens is 2. The van der Waals surface area contributed by atoms with Gasteiger partial charge in [0.25, 0.3) is 0 Å². The summed E-state index contributed by atoms with van der Waals surface area (Å²) in [4.78, 5) is 29.1. The van der Waals surface area contributed by atoms with E-state index in [2.05, 4.69) is 5.32 Å². The summed E-state index contributed by atoms with van der Waals surface area (Å²) in [6, 6.07) is 18.6. The van der Waals surface area contributed by atoms with Gasteiger partial charge in [-0.05, 0) is 67.3 Å². The third kappa shape index (κ3) is 8.53. The minimum atomic E-state index is -3.90. The highest BCUT2D eigenvalue weighted by Crippen LogP contribution is 2.26. The molecule has 0 fully saturated rings. The predicted molar refractivity (Wildman–Crippen MR) is 157 cm³/mol. The van der Waals surface area contributed by atoms with Crippen LogP contribution in [-0.4, -0.2) is 50.0 Å². The van der Waals surface area contributed by atoms with Gasteiger partial charge in [-0.25, -0.2) is 12.8 Å². The van der Waals surface area contributed by atoms with Crippen molar-refractivity contribution < 1.29 is 22.4 Å². The Morgan fingerprint density at radius 3 is 2.23 bits per heavy atom. The Balaban J connectivity index is 2.07. The molecule has 0 saturated carbocycles. The minimum Gasteiger partial charge on any atom is -0.352 e. The molecule has 3 aromatic rings. The fraction of sp³-hybridized carbons (Fsp3) is 0.333. The first-order valence-corrected chi connectivity index (χ1v) is 15.2. The van der Waals surface area contributed by atoms with Gasteiger partial charge in [0.1, 0.15) is 18.4 Å². The van der Waals surface area contributed by atoms with Crippen LogP contribution < -0.4 is 9.62 Å². The second-order valence-electron chi connectivity index (χ2n) is 9.87. The fourth-order valence-electron chi connectivity index (χ4n) is 4.28. The van der Waals surface area contributed by atoms with Crippen molar-refractivity contribution in [3.63, 3.8) is 0 Å². The van der Waals surface area contributed by atoms with Gasteiger partial charge in [-0.3, -0.25) is 13.9 Å². The molecule has 3 aromatic carbocycles. The number of rotatable bonds is 12. The Kier molecular flexibility index (Phi) is 10.7. The molecule has 10 heteroatoms. The summed E-state index contributed by atoms with van der Waals surface area (Å²) < 4.78 is 40.5. The van der Waals surface area contributed by atoms with Crippen LogP contribution in [0.2, 0.25) is 5.02 Å². The van der Waals surface area contributed by atoms with Crippen LogP contribution in [0.4, 0.5) is 10.1 Å². The summed E-state index contributed by atoms with van der Waals surface area (Å²) in [6.07, 6.45) is 1.91. The van der Waals surface area contributed by atoms with Gasteiger partial charge in [0.15, 0.2) is 0 Å². The molecule has 0 unspecified atom stereocenters. The maximum atomic E-state index is 14.1. The number of benzene rings is 3. The average molecular weight is 588 g/mol. The van der Waals surface area contributed by atoms with Gasteiger partial charge in [0.05, 0.1) is 11.9 Å². The van der Waals surface area contributed by atoms with Crippen LogP contribution >= 0.6 is 11.6 Å². The summed E-state index contributed by atoms with van der Waals surface area (Å²) in [6.45, 7) is 4.96. The number of carbonyl (C=O) groups excluding carboxylic acids is 2. The first-order chi connectivity index (χ1) is 18.9. The van der Waals surface area contributed by atoms with E-state index in [1.54, 1.807) is 37.3 Å². The first kappa shape index (κ1) is 31.1. The second-order valence-corrected chi connectivity index (χ2v) is 12.2. The highest BCUT2D eigenvalue weighted by Gasteiger charge is 2.33. The molecule has 2 atom stereocenters. The van der Waals surface area contributed by atoms with E-state index in [4.69, 9.17) is 11.6 Å². The van der Waals surface area contributed by atoms with E-state index in [0.717, 1.165) is 16.1 Å². The summed E-state index contributed by atoms with van der Waals surface area (Å²) in [5.74, 6) is -1.37. The number of amides is 2. The maximum Gasteiger partial charge on any atom is 0.244 e. The average Bonchev–Trinajstić information content (AvgIpc) is 2.90. The zero-order valence-electron chi connectivity index (χ0n) is 23.1. The Morgan fingerprint density at radius 1 is 1.00 bits per heavy atom. The molecule has 2 amide bonds. The zero-order chi connectivity index (χ0) is 29.4. The van der Waals surface area contributed by atoms with Gasteiger partial charge in [0, 0.05) is 24.0 Å². The third-order valence-electron chi connectivity index (χ3n) is 6.65. The number of aryl methyl sites for hydroxylation is 1. The van der Waals surface area contributed by atoms with Crippen molar-refractivity contribution in [2.45, 2.75) is 52.2 Å². The smallest absolute Gasteiger partial charge is 0.244 e. The van der Waals surface area contributed by atoms with Crippen LogP contribution in [0.15, 0.2) is 72.8 Å². The molecule has 0 saturated heterocycles. The summed E-state index contributed by atoms with van der Waals surface area (Å²) in [7, 11) is -3.90. The molecule has 214 valence electrons. The van der Waals surface area contributed by atoms with Crippen molar-refractivity contribution in [1.82, 2.24) is 10.2 Å². The van der Waals surface area contributed by atoms with Gasteiger partial charge < -0.3 is 10.2 Å². The molecule has 7 nitrogen and oxygen atoms in total. The van der Waals surface area contributed by atoms with Crippen LogP contribution in [0.5, 0.6) is 0 Å². The lowest BCUT2D eigenvalue weighted by atomic mass is 10.0. The molecular weight excluding hydrogens is 553 g/mol. The Bertz CT molecular complexity index is 1420. The van der Waals surface area contributed by atoms with E-state index in [0.29, 0.717) is 28.3 Å². The molecule has 0 aromatic heterocycles. The molecule has 40 heavy (non-hydrogen) atoms. The van der Waals surface area contributed by atoms with Crippen molar-refractivity contribution in [1.29, 1.82) is 0 Å². The van der Waals surface area contributed by atoms with Crippen molar-refractivity contribution in [3.8, 4) is 0 Å². The van der Waals surface area contributed by atoms with Gasteiger partial charge >= 0.3 is 0 Å². The van der Waals surface area contributed by atoms with E-state index in [-0.39, 0.29) is 24.9 Å². The molecule has 3 rings (SSSR count). The van der Waals surface area contributed by atoms with Crippen LogP contribution in [0.3, 0.4) is 0 Å². The molecule has 0 bridgehead atoms. The maximum absolute atomic E-state index is 14.1. The molecule has 0 aliphatic carbocycles. The molecule has 0 radical (unpaired) electrons. The topological polar surface area (TPSA) is 86.8 Å². The largest absolute Gasteiger partial charge is 0.352 e. The number of hydrogen-bond donors (Lipinski definition) is 1. The van der Waals surface area contributed by atoms with Crippen LogP contribution in [0.25, 0.3) is 0 Å². The molecule has 0 aliphatic heterocycles. The third-order valence-corrected chi connectivity index (χ3v) is 8.01. The lowest BCUT2D eigenvalue weighted by molar-refractivity contribution is -0.140. The van der Waals surface area contributed by atoms with Crippen molar-refractivity contribution >= 4 is 39.1 Å². The van der Waals surface area contributed by atoms with Crippen LogP contribution in [0.1, 0.15) is 37.0 Å². The van der Waals surface area contributed by atoms with Crippen LogP contribution in [0, 0.1) is 12.7 Å². The number of carbonyl (C=O) groups is 2. The highest BCUT2D eigenvalue weighted by atomic mass is 35.5. The number of sulfonamides is 1. The molecule has 0 heterocycles. The summed E-state index contributed by atoms with van der Waals surface area (Å²) in [5, 5.41) is 3.41. The molecule has 0 spiro atoms. The normalized spacial score (nSPS) is 12.8. The number of nitrogens with one attached hydrogen (secondary N) is 1. The lowest BCUT2D eigenvalue weighted by Gasteiger charge is -2.34. The van der Waals surface area contributed by atoms with E-state index >= 15 is 0 Å². The standard InChI is InChI=1S/C30H35ClFN3O4S/c1-5-22(3)33-30(37)28(18-23-9-7-6-8-10-23)34(19-24-11-14-26(32)15-12-24)29(36)20-35(40(4,38)39)27-16-13-25(31)17-21(27)2/h6-17,22,28H,5,18-20H2,1-4H3,(H,33,37)/t22-,28-/m1/s1. The Morgan fingerprint density at radius 2 is 1.65 bits per heavy atom. The van der Waals surface area contributed by atoms with Gasteiger partial charge in [-0.1, -0.05) is 61.0 Å². The molecule has 0 aliphatic rings. The number of hydrogen-bond acceptors (Lipinski definition) is 4. The van der Waals surface area contributed by atoms with E-state index in [1.807, 2.05) is 44.2 Å². The predicted octanol–water partition coefficient (Wildman–Crippen LogP) is 5.11. The van der Waals surface area contributed by atoms with E-state index in [9.17, 15) is 22.4 Å². The quantitative estimate of drug-likeness (QED) is 0.319. The van der Waals surface area contributed by atoms with Crippen molar-refractivity contribution in [2.24, 2.45) is 0 Å². The van der Waals surface area contributed by atoms with Crippen molar-refractivity contribution in [2.75, 3.05) is 17.1 Å². The van der Waals surface area contributed by atoms with Gasteiger partial charge in [-0.15, -0.1) is 0 Å². The summed E-state index contributed by atoms with van der Waals surface area (Å²) >= 11 is 6.09.